The van der Waals surface area contributed by atoms with E-state index in [2.05, 4.69) is 10.2 Å². The molecule has 1 heterocycles. The monoisotopic (exact) mass is 186 g/mol. The zero-order valence-electron chi connectivity index (χ0n) is 7.60. The van der Waals surface area contributed by atoms with Gasteiger partial charge in [-0.15, -0.1) is 0 Å². The first-order valence-electron chi connectivity index (χ1n) is 4.42. The first-order valence-corrected chi connectivity index (χ1v) is 4.42. The van der Waals surface area contributed by atoms with Crippen LogP contribution in [0.5, 0.6) is 0 Å². The molecule has 3 nitrogen and oxygen atoms in total. The highest BCUT2D eigenvalue weighted by molar-refractivity contribution is 5.96. The van der Waals surface area contributed by atoms with E-state index in [1.807, 2.05) is 30.3 Å². The third-order valence-electron chi connectivity index (χ3n) is 2.03. The summed E-state index contributed by atoms with van der Waals surface area (Å²) in [6, 6.07) is 9.68. The van der Waals surface area contributed by atoms with Gasteiger partial charge in [0.25, 0.3) is 0 Å². The molecule has 0 atom stereocenters. The molecule has 70 valence electrons. The first kappa shape index (κ1) is 8.69. The number of nitrogens with one attached hydrogen (secondary N) is 1. The molecule has 0 saturated carbocycles. The predicted molar refractivity (Wildman–Crippen MR) is 53.1 cm³/mol. The number of rotatable bonds is 3. The molecule has 0 aliphatic carbocycles. The number of nitrogens with zero attached hydrogens (tertiary/aromatic N) is 1. The smallest absolute Gasteiger partial charge is 0.170 e. The zero-order chi connectivity index (χ0) is 9.80. The van der Waals surface area contributed by atoms with Gasteiger partial charge in [-0.3, -0.25) is 9.89 Å². The highest BCUT2D eigenvalue weighted by atomic mass is 16.1. The molecule has 0 amide bonds. The van der Waals surface area contributed by atoms with Gasteiger partial charge >= 0.3 is 0 Å². The summed E-state index contributed by atoms with van der Waals surface area (Å²) in [5, 5.41) is 6.36. The summed E-state index contributed by atoms with van der Waals surface area (Å²) < 4.78 is 0. The molecular formula is C11H10N2O. The van der Waals surface area contributed by atoms with Crippen molar-refractivity contribution in [2.24, 2.45) is 0 Å². The van der Waals surface area contributed by atoms with Gasteiger partial charge in [-0.05, 0) is 5.56 Å². The van der Waals surface area contributed by atoms with Gasteiger partial charge in [0, 0.05) is 12.6 Å². The average molecular weight is 186 g/mol. The number of carbonyl (C=O) groups excluding carboxylic acids is 1. The van der Waals surface area contributed by atoms with Crippen LogP contribution in [-0.4, -0.2) is 16.0 Å². The van der Waals surface area contributed by atoms with Crippen LogP contribution in [0, 0.1) is 0 Å². The van der Waals surface area contributed by atoms with Gasteiger partial charge in [0.2, 0.25) is 0 Å². The van der Waals surface area contributed by atoms with E-state index in [-0.39, 0.29) is 5.78 Å². The summed E-state index contributed by atoms with van der Waals surface area (Å²) in [6.45, 7) is 0. The van der Waals surface area contributed by atoms with E-state index >= 15 is 0 Å². The Balaban J connectivity index is 2.10. The number of Topliss-reactive ketones (excluding diaryl/α,β-unsaturated/α-hetero) is 1. The number of H-pyrrole nitrogens is 1. The maximum absolute atomic E-state index is 11.6. The summed E-state index contributed by atoms with van der Waals surface area (Å²) in [7, 11) is 0. The van der Waals surface area contributed by atoms with Crippen LogP contribution in [0.25, 0.3) is 0 Å². The van der Waals surface area contributed by atoms with Crippen molar-refractivity contribution in [1.82, 2.24) is 10.2 Å². The molecule has 2 rings (SSSR count). The number of hydrogen-bond acceptors (Lipinski definition) is 2. The third-order valence-corrected chi connectivity index (χ3v) is 2.03. The second-order valence-electron chi connectivity index (χ2n) is 3.07. The summed E-state index contributed by atoms with van der Waals surface area (Å²) in [5.41, 5.74) is 1.66. The summed E-state index contributed by atoms with van der Waals surface area (Å²) >= 11 is 0. The Kier molecular flexibility index (Phi) is 2.40. The summed E-state index contributed by atoms with van der Waals surface area (Å²) in [5.74, 6) is 0.0879. The quantitative estimate of drug-likeness (QED) is 0.743. The molecule has 0 saturated heterocycles. The second-order valence-corrected chi connectivity index (χ2v) is 3.07. The van der Waals surface area contributed by atoms with Crippen molar-refractivity contribution in [2.75, 3.05) is 0 Å². The van der Waals surface area contributed by atoms with E-state index in [0.717, 1.165) is 5.56 Å². The Bertz CT molecular complexity index is 406. The fourth-order valence-electron chi connectivity index (χ4n) is 1.29. The highest BCUT2D eigenvalue weighted by Gasteiger charge is 2.06. The molecule has 0 spiro atoms. The molecule has 0 fully saturated rings. The number of hydrogen-bond donors (Lipinski definition) is 1. The Morgan fingerprint density at radius 2 is 2.07 bits per heavy atom. The number of aromatic amines is 1. The average Bonchev–Trinajstić information content (AvgIpc) is 2.72. The zero-order valence-corrected chi connectivity index (χ0v) is 7.60. The van der Waals surface area contributed by atoms with Gasteiger partial charge in [0.05, 0.1) is 11.8 Å². The fourth-order valence-corrected chi connectivity index (χ4v) is 1.29. The number of aromatic nitrogens is 2. The molecule has 1 aromatic heterocycles. The third kappa shape index (κ3) is 1.88. The van der Waals surface area contributed by atoms with Crippen molar-refractivity contribution in [1.29, 1.82) is 0 Å². The Hall–Kier alpha value is -1.90. The van der Waals surface area contributed by atoms with Gasteiger partial charge in [-0.2, -0.15) is 5.10 Å². The van der Waals surface area contributed by atoms with Crippen LogP contribution in [0.3, 0.4) is 0 Å². The fraction of sp³-hybridized carbons (Fsp3) is 0.0909. The van der Waals surface area contributed by atoms with Crippen molar-refractivity contribution >= 4 is 5.78 Å². The molecule has 1 N–H and O–H groups in total. The van der Waals surface area contributed by atoms with E-state index < -0.39 is 0 Å². The number of benzene rings is 1. The van der Waals surface area contributed by atoms with Crippen molar-refractivity contribution in [3.05, 3.63) is 53.9 Å². The van der Waals surface area contributed by atoms with Gasteiger partial charge < -0.3 is 0 Å². The van der Waals surface area contributed by atoms with Crippen LogP contribution in [0.15, 0.2) is 42.7 Å². The van der Waals surface area contributed by atoms with Crippen LogP contribution < -0.4 is 0 Å². The van der Waals surface area contributed by atoms with Crippen LogP contribution in [0.2, 0.25) is 0 Å². The predicted octanol–water partition coefficient (Wildman–Crippen LogP) is 1.84. The summed E-state index contributed by atoms with van der Waals surface area (Å²) in [4.78, 5) is 11.6. The van der Waals surface area contributed by atoms with Gasteiger partial charge in [-0.1, -0.05) is 30.3 Å². The minimum Gasteiger partial charge on any atom is -0.294 e. The van der Waals surface area contributed by atoms with Gasteiger partial charge in [-0.25, -0.2) is 0 Å². The van der Waals surface area contributed by atoms with E-state index in [9.17, 15) is 4.79 Å². The molecule has 0 bridgehead atoms. The lowest BCUT2D eigenvalue weighted by Crippen LogP contribution is -2.01. The molecule has 0 radical (unpaired) electrons. The van der Waals surface area contributed by atoms with Crippen LogP contribution in [0.1, 0.15) is 15.9 Å². The van der Waals surface area contributed by atoms with Crippen LogP contribution in [0.4, 0.5) is 0 Å². The van der Waals surface area contributed by atoms with Crippen molar-refractivity contribution in [2.45, 2.75) is 6.42 Å². The second kappa shape index (κ2) is 3.87. The van der Waals surface area contributed by atoms with Crippen LogP contribution in [-0.2, 0) is 6.42 Å². The normalized spacial score (nSPS) is 10.0. The maximum atomic E-state index is 11.6. The molecule has 0 unspecified atom stereocenters. The Morgan fingerprint density at radius 3 is 2.71 bits per heavy atom. The molecule has 0 aliphatic rings. The maximum Gasteiger partial charge on any atom is 0.170 e. The van der Waals surface area contributed by atoms with Crippen molar-refractivity contribution in [3.8, 4) is 0 Å². The lowest BCUT2D eigenvalue weighted by Gasteiger charge is -1.97. The lowest BCUT2D eigenvalue weighted by molar-refractivity contribution is 0.0993. The van der Waals surface area contributed by atoms with Crippen molar-refractivity contribution in [3.63, 3.8) is 0 Å². The molecule has 14 heavy (non-hydrogen) atoms. The largest absolute Gasteiger partial charge is 0.294 e. The van der Waals surface area contributed by atoms with Gasteiger partial charge in [0.15, 0.2) is 5.78 Å². The minimum atomic E-state index is 0.0879. The first-order chi connectivity index (χ1) is 6.86. The summed E-state index contributed by atoms with van der Waals surface area (Å²) in [6.07, 6.45) is 3.59. The van der Waals surface area contributed by atoms with E-state index in [0.29, 0.717) is 12.0 Å². The molecule has 0 aliphatic heterocycles. The minimum absolute atomic E-state index is 0.0879. The van der Waals surface area contributed by atoms with Gasteiger partial charge in [0.1, 0.15) is 0 Å². The highest BCUT2D eigenvalue weighted by Crippen LogP contribution is 2.05. The van der Waals surface area contributed by atoms with E-state index in [1.165, 1.54) is 0 Å². The Morgan fingerprint density at radius 1 is 1.29 bits per heavy atom. The van der Waals surface area contributed by atoms with E-state index in [1.54, 1.807) is 12.4 Å². The van der Waals surface area contributed by atoms with Crippen LogP contribution >= 0.6 is 0 Å². The molecule has 2 aromatic rings. The molecule has 3 heteroatoms. The molecule has 1 aromatic carbocycles. The standard InChI is InChI=1S/C11H10N2O/c14-11(10-7-12-13-8-10)6-9-4-2-1-3-5-9/h1-5,7-8H,6H2,(H,12,13). The van der Waals surface area contributed by atoms with Crippen molar-refractivity contribution < 1.29 is 4.79 Å². The number of carbonyl (C=O) groups is 1. The lowest BCUT2D eigenvalue weighted by atomic mass is 10.1. The SMILES string of the molecule is O=C(Cc1ccccc1)c1cn[nH]c1. The molecular weight excluding hydrogens is 176 g/mol. The Labute approximate surface area is 81.8 Å². The van der Waals surface area contributed by atoms with E-state index in [4.69, 9.17) is 0 Å². The topological polar surface area (TPSA) is 45.8 Å². The number of ketones is 1.